The van der Waals surface area contributed by atoms with Crippen molar-refractivity contribution in [1.82, 2.24) is 0 Å². The lowest BCUT2D eigenvalue weighted by molar-refractivity contribution is -0.276. The van der Waals surface area contributed by atoms with Gasteiger partial charge in [-0.15, -0.1) is 0 Å². The molecule has 0 amide bonds. The van der Waals surface area contributed by atoms with Gasteiger partial charge in [-0.25, -0.2) is 0 Å². The van der Waals surface area contributed by atoms with Crippen LogP contribution in [0.5, 0.6) is 11.5 Å². The average Bonchev–Trinajstić information content (AvgIpc) is 2.80. The molecule has 0 saturated carbocycles. The minimum atomic E-state index is -1.45. The molecule has 0 aromatic heterocycles. The molecule has 4 rings (SSSR count). The highest BCUT2D eigenvalue weighted by Crippen LogP contribution is 2.58. The zero-order valence-corrected chi connectivity index (χ0v) is 23.7. The summed E-state index contributed by atoms with van der Waals surface area (Å²) in [4.78, 5) is 23.5. The van der Waals surface area contributed by atoms with Gasteiger partial charge in [-0.3, -0.25) is 9.59 Å². The third-order valence-corrected chi connectivity index (χ3v) is 8.38. The summed E-state index contributed by atoms with van der Waals surface area (Å²) >= 11 is 0. The summed E-state index contributed by atoms with van der Waals surface area (Å²) in [6.07, 6.45) is -0.266. The number of phenols is 1. The van der Waals surface area contributed by atoms with Gasteiger partial charge in [0.25, 0.3) is 0 Å². The summed E-state index contributed by atoms with van der Waals surface area (Å²) in [6, 6.07) is 0. The van der Waals surface area contributed by atoms with E-state index in [1.165, 1.54) is 30.5 Å². The summed E-state index contributed by atoms with van der Waals surface area (Å²) in [5, 5.41) is 22.8. The Hall–Kier alpha value is -2.58. The number of rotatable bonds is 5. The Morgan fingerprint density at radius 1 is 0.947 bits per heavy atom. The Labute approximate surface area is 225 Å². The van der Waals surface area contributed by atoms with E-state index < -0.39 is 42.6 Å². The maximum absolute atomic E-state index is 11.8. The minimum absolute atomic E-state index is 0.0816. The van der Waals surface area contributed by atoms with E-state index in [2.05, 4.69) is 33.8 Å². The molecule has 2 aliphatic carbocycles. The Bertz CT molecular complexity index is 1120. The van der Waals surface area contributed by atoms with Crippen molar-refractivity contribution >= 4 is 11.9 Å². The maximum atomic E-state index is 11.8. The van der Waals surface area contributed by atoms with Gasteiger partial charge in [0.05, 0.1) is 6.10 Å². The summed E-state index contributed by atoms with van der Waals surface area (Å²) in [7, 11) is 0. The molecule has 8 nitrogen and oxygen atoms in total. The fraction of sp³-hybridized carbons (Fsp3) is 0.667. The molecule has 1 aromatic carbocycles. The monoisotopic (exact) mass is 530 g/mol. The average molecular weight is 531 g/mol. The maximum Gasteiger partial charge on any atom is 0.303 e. The van der Waals surface area contributed by atoms with Crippen LogP contribution < -0.4 is 4.74 Å². The number of esters is 2. The van der Waals surface area contributed by atoms with E-state index in [0.29, 0.717) is 11.8 Å². The first kappa shape index (κ1) is 28.4. The van der Waals surface area contributed by atoms with Gasteiger partial charge in [0.1, 0.15) is 0 Å². The van der Waals surface area contributed by atoms with E-state index in [1.54, 1.807) is 6.92 Å². The number of aromatic hydroxyl groups is 1. The Morgan fingerprint density at radius 3 is 2.18 bits per heavy atom. The molecule has 1 heterocycles. The third-order valence-electron chi connectivity index (χ3n) is 8.38. The van der Waals surface area contributed by atoms with Gasteiger partial charge < -0.3 is 29.2 Å². The van der Waals surface area contributed by atoms with E-state index in [-0.39, 0.29) is 23.3 Å². The third kappa shape index (κ3) is 5.17. The predicted molar refractivity (Wildman–Crippen MR) is 141 cm³/mol. The number of aliphatic hydroxyl groups is 1. The van der Waals surface area contributed by atoms with Crippen LogP contribution in [0, 0.1) is 12.8 Å². The molecule has 38 heavy (non-hydrogen) atoms. The van der Waals surface area contributed by atoms with Crippen molar-refractivity contribution in [2.24, 2.45) is 5.92 Å². The van der Waals surface area contributed by atoms with Crippen LogP contribution in [0.25, 0.3) is 0 Å². The number of hydrogen-bond donors (Lipinski definition) is 2. The van der Waals surface area contributed by atoms with Crippen LogP contribution in [0.1, 0.15) is 108 Å². The molecule has 1 aliphatic heterocycles. The number of carbonyl (C=O) groups is 2. The van der Waals surface area contributed by atoms with E-state index in [9.17, 15) is 19.8 Å². The van der Waals surface area contributed by atoms with Crippen LogP contribution in [-0.4, -0.2) is 52.9 Å². The molecular formula is C30H42O8. The number of allylic oxidation sites excluding steroid dienone is 2. The van der Waals surface area contributed by atoms with Gasteiger partial charge in [0.2, 0.25) is 6.29 Å². The first-order valence-corrected chi connectivity index (χ1v) is 13.7. The standard InChI is InChI=1S/C30H42O8/c1-13(2)11-20-12-15(4)21-10-9-14(3)22-24(21)23(20)16(5)27(25(22)33)38-30-26(34)29(37-19(8)32)28(17(6)35-30)36-18(7)31/h11,14-15,17,20-21,26,28-30,33-34H,9-10,12H2,1-8H3/t14-,15-,17-,20+,21+,26-,28+,29-,30-/m0/s1. The summed E-state index contributed by atoms with van der Waals surface area (Å²) in [5.74, 6) is 0.354. The second-order valence-electron chi connectivity index (χ2n) is 11.7. The topological polar surface area (TPSA) is 112 Å². The molecule has 0 bridgehead atoms. The van der Waals surface area contributed by atoms with Crippen molar-refractivity contribution in [2.75, 3.05) is 0 Å². The lowest BCUT2D eigenvalue weighted by Gasteiger charge is -2.44. The van der Waals surface area contributed by atoms with Crippen LogP contribution in [0.4, 0.5) is 0 Å². The number of carbonyl (C=O) groups excluding carboxylic acids is 2. The van der Waals surface area contributed by atoms with Gasteiger partial charge in [-0.2, -0.15) is 0 Å². The van der Waals surface area contributed by atoms with E-state index >= 15 is 0 Å². The van der Waals surface area contributed by atoms with Crippen LogP contribution in [-0.2, 0) is 23.8 Å². The Morgan fingerprint density at radius 2 is 1.58 bits per heavy atom. The molecule has 2 N–H and O–H groups in total. The summed E-state index contributed by atoms with van der Waals surface area (Å²) in [5.41, 5.74) is 5.41. The molecule has 0 spiro atoms. The van der Waals surface area contributed by atoms with Gasteiger partial charge in [-0.05, 0) is 81.4 Å². The van der Waals surface area contributed by atoms with Crippen molar-refractivity contribution in [3.05, 3.63) is 33.9 Å². The fourth-order valence-corrected chi connectivity index (χ4v) is 6.82. The van der Waals surface area contributed by atoms with Crippen molar-refractivity contribution in [1.29, 1.82) is 0 Å². The number of benzene rings is 1. The Balaban J connectivity index is 1.79. The second kappa shape index (κ2) is 10.9. The molecule has 1 saturated heterocycles. The van der Waals surface area contributed by atoms with Crippen molar-refractivity contribution < 1.29 is 38.7 Å². The first-order chi connectivity index (χ1) is 17.8. The normalized spacial score (nSPS) is 34.1. The second-order valence-corrected chi connectivity index (χ2v) is 11.7. The quantitative estimate of drug-likeness (QED) is 0.399. The van der Waals surface area contributed by atoms with Gasteiger partial charge in [0.15, 0.2) is 29.8 Å². The highest BCUT2D eigenvalue weighted by atomic mass is 16.7. The summed E-state index contributed by atoms with van der Waals surface area (Å²) in [6.45, 7) is 14.7. The van der Waals surface area contributed by atoms with Crippen LogP contribution in [0.3, 0.4) is 0 Å². The van der Waals surface area contributed by atoms with Crippen LogP contribution in [0.2, 0.25) is 0 Å². The van der Waals surface area contributed by atoms with Crippen molar-refractivity contribution in [2.45, 2.75) is 123 Å². The molecular weight excluding hydrogens is 488 g/mol. The number of aliphatic hydroxyl groups excluding tert-OH is 1. The van der Waals surface area contributed by atoms with E-state index in [1.807, 2.05) is 6.92 Å². The van der Waals surface area contributed by atoms with Crippen molar-refractivity contribution in [3.63, 3.8) is 0 Å². The predicted octanol–water partition coefficient (Wildman–Crippen LogP) is 5.12. The number of hydrogen-bond acceptors (Lipinski definition) is 8. The molecule has 210 valence electrons. The zero-order valence-electron chi connectivity index (χ0n) is 23.7. The van der Waals surface area contributed by atoms with Crippen molar-refractivity contribution in [3.8, 4) is 11.5 Å². The molecule has 9 atom stereocenters. The molecule has 8 heteroatoms. The van der Waals surface area contributed by atoms with Gasteiger partial charge >= 0.3 is 11.9 Å². The molecule has 3 aliphatic rings. The minimum Gasteiger partial charge on any atom is -0.504 e. The molecule has 0 radical (unpaired) electrons. The molecule has 0 unspecified atom stereocenters. The largest absolute Gasteiger partial charge is 0.504 e. The molecule has 1 aromatic rings. The van der Waals surface area contributed by atoms with Gasteiger partial charge in [0, 0.05) is 25.3 Å². The van der Waals surface area contributed by atoms with Gasteiger partial charge in [-0.1, -0.05) is 25.5 Å². The number of phenolic OH excluding ortho intramolecular Hbond substituents is 1. The van der Waals surface area contributed by atoms with Crippen LogP contribution >= 0.6 is 0 Å². The number of ether oxygens (including phenoxy) is 4. The smallest absolute Gasteiger partial charge is 0.303 e. The lowest BCUT2D eigenvalue weighted by atomic mass is 9.62. The summed E-state index contributed by atoms with van der Waals surface area (Å²) < 4.78 is 22.9. The van der Waals surface area contributed by atoms with E-state index in [0.717, 1.165) is 30.4 Å². The molecule has 1 fully saturated rings. The SMILES string of the molecule is CC(=O)O[C@H]1[C@H](O)[C@H](Oc2c(C)c3c4c(c2O)[C@@H](C)CC[C@@H]4[C@@H](C)C[C@H]3C=C(C)C)O[C@@H](C)[C@H]1OC(C)=O. The highest BCUT2D eigenvalue weighted by molar-refractivity contribution is 5.68. The van der Waals surface area contributed by atoms with Crippen LogP contribution in [0.15, 0.2) is 11.6 Å². The fourth-order valence-electron chi connectivity index (χ4n) is 6.82. The first-order valence-electron chi connectivity index (χ1n) is 13.7. The zero-order chi connectivity index (χ0) is 28.0. The lowest BCUT2D eigenvalue weighted by Crippen LogP contribution is -2.60. The van der Waals surface area contributed by atoms with E-state index in [4.69, 9.17) is 18.9 Å². The Kier molecular flexibility index (Phi) is 8.15. The highest BCUT2D eigenvalue weighted by Gasteiger charge is 2.50.